The van der Waals surface area contributed by atoms with Crippen LogP contribution < -0.4 is 0 Å². The van der Waals surface area contributed by atoms with Gasteiger partial charge in [0.2, 0.25) is 0 Å². The summed E-state index contributed by atoms with van der Waals surface area (Å²) in [4.78, 5) is 0. The van der Waals surface area contributed by atoms with Crippen molar-refractivity contribution in [1.29, 1.82) is 0 Å². The normalized spacial score (nSPS) is 19.7. The first-order valence-corrected chi connectivity index (χ1v) is 6.38. The zero-order valence-electron chi connectivity index (χ0n) is 11.5. The van der Waals surface area contributed by atoms with Gasteiger partial charge in [0, 0.05) is 6.61 Å². The first kappa shape index (κ1) is 21.1. The highest BCUT2D eigenvalue weighted by molar-refractivity contribution is 4.87. The van der Waals surface area contributed by atoms with Crippen LogP contribution in [0.3, 0.4) is 0 Å². The summed E-state index contributed by atoms with van der Waals surface area (Å²) in [6, 6.07) is 0. The Morgan fingerprint density at radius 3 is 2.26 bits per heavy atom. The van der Waals surface area contributed by atoms with E-state index < -0.39 is 11.2 Å². The second kappa shape index (κ2) is 8.90. The second-order valence-electron chi connectivity index (χ2n) is 5.63. The molecular formula is C15H34O4. The minimum Gasteiger partial charge on any atom is -0.387 e. The zero-order valence-corrected chi connectivity index (χ0v) is 11.5. The molecule has 0 aliphatic carbocycles. The van der Waals surface area contributed by atoms with Gasteiger partial charge in [0.15, 0.2) is 0 Å². The zero-order chi connectivity index (χ0) is 12.9. The summed E-state index contributed by atoms with van der Waals surface area (Å²) >= 11 is 0. The summed E-state index contributed by atoms with van der Waals surface area (Å²) in [5.74, 6) is 0. The van der Waals surface area contributed by atoms with Crippen LogP contribution in [-0.4, -0.2) is 48.8 Å². The lowest BCUT2D eigenvalue weighted by Crippen LogP contribution is -2.47. The first-order chi connectivity index (χ1) is 7.83. The molecule has 1 N–H and O–H groups in total. The van der Waals surface area contributed by atoms with E-state index >= 15 is 0 Å². The average Bonchev–Trinajstić information content (AvgIpc) is 2.68. The van der Waals surface area contributed by atoms with Crippen LogP contribution in [0.5, 0.6) is 0 Å². The topological polar surface area (TPSA) is 47.9 Å². The molecule has 19 heavy (non-hydrogen) atoms. The van der Waals surface area contributed by atoms with Crippen molar-refractivity contribution in [1.82, 2.24) is 0 Å². The minimum absolute atomic E-state index is 0. The molecule has 0 amide bonds. The van der Waals surface area contributed by atoms with Crippen molar-refractivity contribution in [2.75, 3.05) is 26.4 Å². The van der Waals surface area contributed by atoms with Gasteiger partial charge in [-0.25, -0.2) is 0 Å². The van der Waals surface area contributed by atoms with Crippen LogP contribution in [0.15, 0.2) is 0 Å². The molecule has 1 aliphatic heterocycles. The third-order valence-electron chi connectivity index (χ3n) is 3.49. The van der Waals surface area contributed by atoms with Gasteiger partial charge in [-0.1, -0.05) is 14.9 Å². The number of aliphatic hydroxyl groups is 1. The van der Waals surface area contributed by atoms with Gasteiger partial charge in [-0.2, -0.15) is 0 Å². The highest BCUT2D eigenvalue weighted by atomic mass is 16.6. The Labute approximate surface area is 119 Å². The number of hydrogen-bond donors (Lipinski definition) is 1. The number of rotatable bonds is 7. The SMILES string of the molecule is C.C.CC(C)(O)C(C)(C)OCCOCC1CCCO1. The van der Waals surface area contributed by atoms with E-state index in [0.717, 1.165) is 19.4 Å². The molecule has 1 heterocycles. The molecular weight excluding hydrogens is 244 g/mol. The maximum Gasteiger partial charge on any atom is 0.0907 e. The fourth-order valence-electron chi connectivity index (χ4n) is 1.52. The molecule has 1 fully saturated rings. The van der Waals surface area contributed by atoms with Crippen LogP contribution in [0, 0.1) is 0 Å². The molecule has 118 valence electrons. The summed E-state index contributed by atoms with van der Waals surface area (Å²) in [6.07, 6.45) is 2.49. The van der Waals surface area contributed by atoms with Crippen LogP contribution >= 0.6 is 0 Å². The van der Waals surface area contributed by atoms with E-state index in [0.29, 0.717) is 19.8 Å². The molecule has 0 saturated carbocycles. The molecule has 1 unspecified atom stereocenters. The Bertz CT molecular complexity index is 215. The van der Waals surface area contributed by atoms with E-state index in [2.05, 4.69) is 0 Å². The van der Waals surface area contributed by atoms with Crippen LogP contribution in [0.2, 0.25) is 0 Å². The summed E-state index contributed by atoms with van der Waals surface area (Å²) < 4.78 is 16.6. The highest BCUT2D eigenvalue weighted by Gasteiger charge is 2.35. The number of hydrogen-bond acceptors (Lipinski definition) is 4. The third-order valence-corrected chi connectivity index (χ3v) is 3.49. The van der Waals surface area contributed by atoms with E-state index in [1.165, 1.54) is 0 Å². The molecule has 1 rings (SSSR count). The Kier molecular flexibility index (Phi) is 9.91. The molecule has 1 atom stereocenters. The van der Waals surface area contributed by atoms with Gasteiger partial charge in [-0.05, 0) is 40.5 Å². The van der Waals surface area contributed by atoms with E-state index in [4.69, 9.17) is 14.2 Å². The van der Waals surface area contributed by atoms with Crippen LogP contribution in [0.1, 0.15) is 55.4 Å². The lowest BCUT2D eigenvalue weighted by molar-refractivity contribution is -0.156. The van der Waals surface area contributed by atoms with Crippen LogP contribution in [0.4, 0.5) is 0 Å². The highest BCUT2D eigenvalue weighted by Crippen LogP contribution is 2.24. The predicted molar refractivity (Wildman–Crippen MR) is 79.6 cm³/mol. The summed E-state index contributed by atoms with van der Waals surface area (Å²) in [5, 5.41) is 9.89. The van der Waals surface area contributed by atoms with E-state index in [-0.39, 0.29) is 21.0 Å². The molecule has 0 aromatic carbocycles. The molecule has 1 aliphatic rings. The first-order valence-electron chi connectivity index (χ1n) is 6.38. The lowest BCUT2D eigenvalue weighted by atomic mass is 9.89. The molecule has 4 nitrogen and oxygen atoms in total. The van der Waals surface area contributed by atoms with Crippen molar-refractivity contribution in [3.05, 3.63) is 0 Å². The maximum absolute atomic E-state index is 9.89. The van der Waals surface area contributed by atoms with E-state index in [9.17, 15) is 5.11 Å². The summed E-state index contributed by atoms with van der Waals surface area (Å²) in [5.41, 5.74) is -1.43. The Morgan fingerprint density at radius 2 is 1.79 bits per heavy atom. The van der Waals surface area contributed by atoms with Crippen molar-refractivity contribution in [2.24, 2.45) is 0 Å². The number of ether oxygens (including phenoxy) is 3. The van der Waals surface area contributed by atoms with Crippen molar-refractivity contribution in [2.45, 2.75) is 72.7 Å². The van der Waals surface area contributed by atoms with Crippen molar-refractivity contribution >= 4 is 0 Å². The van der Waals surface area contributed by atoms with Crippen LogP contribution in [0.25, 0.3) is 0 Å². The quantitative estimate of drug-likeness (QED) is 0.727. The largest absolute Gasteiger partial charge is 0.387 e. The van der Waals surface area contributed by atoms with Crippen molar-refractivity contribution in [3.8, 4) is 0 Å². The van der Waals surface area contributed by atoms with Gasteiger partial charge in [-0.15, -0.1) is 0 Å². The van der Waals surface area contributed by atoms with Crippen LogP contribution in [-0.2, 0) is 14.2 Å². The van der Waals surface area contributed by atoms with Gasteiger partial charge in [0.25, 0.3) is 0 Å². The molecule has 1 saturated heterocycles. The standard InChI is InChI=1S/C13H26O4.2CH4/c1-12(2,14)13(3,4)17-9-8-15-10-11-6-5-7-16-11;;/h11,14H,5-10H2,1-4H3;2*1H4. The second-order valence-corrected chi connectivity index (χ2v) is 5.63. The molecule has 0 radical (unpaired) electrons. The lowest BCUT2D eigenvalue weighted by Gasteiger charge is -2.37. The van der Waals surface area contributed by atoms with Gasteiger partial charge in [-0.3, -0.25) is 0 Å². The van der Waals surface area contributed by atoms with Gasteiger partial charge >= 0.3 is 0 Å². The molecule has 0 spiro atoms. The third kappa shape index (κ3) is 7.25. The van der Waals surface area contributed by atoms with Gasteiger partial charge in [0.05, 0.1) is 37.1 Å². The van der Waals surface area contributed by atoms with E-state index in [1.54, 1.807) is 13.8 Å². The average molecular weight is 278 g/mol. The summed E-state index contributed by atoms with van der Waals surface area (Å²) in [6.45, 7) is 9.80. The fraction of sp³-hybridized carbons (Fsp3) is 1.00. The Balaban J connectivity index is 0. The predicted octanol–water partition coefficient (Wildman–Crippen LogP) is 3.02. The van der Waals surface area contributed by atoms with Crippen molar-refractivity contribution < 1.29 is 19.3 Å². The molecule has 0 aromatic rings. The smallest absolute Gasteiger partial charge is 0.0907 e. The molecule has 4 heteroatoms. The molecule has 0 bridgehead atoms. The van der Waals surface area contributed by atoms with Gasteiger partial charge < -0.3 is 19.3 Å². The van der Waals surface area contributed by atoms with Gasteiger partial charge in [0.1, 0.15) is 0 Å². The monoisotopic (exact) mass is 278 g/mol. The molecule has 0 aromatic heterocycles. The maximum atomic E-state index is 9.89. The fourth-order valence-corrected chi connectivity index (χ4v) is 1.52. The van der Waals surface area contributed by atoms with Crippen molar-refractivity contribution in [3.63, 3.8) is 0 Å². The summed E-state index contributed by atoms with van der Waals surface area (Å²) in [7, 11) is 0. The minimum atomic E-state index is -0.860. The van der Waals surface area contributed by atoms with E-state index in [1.807, 2.05) is 13.8 Å². The Morgan fingerprint density at radius 1 is 1.16 bits per heavy atom. The Hall–Kier alpha value is -0.160.